The lowest BCUT2D eigenvalue weighted by molar-refractivity contribution is -0.0167. The Morgan fingerprint density at radius 1 is 1.15 bits per heavy atom. The third kappa shape index (κ3) is 4.01. The van der Waals surface area contributed by atoms with Crippen molar-refractivity contribution in [2.75, 3.05) is 19.9 Å². The number of aliphatic hydroxyl groups is 1. The summed E-state index contributed by atoms with van der Waals surface area (Å²) in [7, 11) is 0. The van der Waals surface area contributed by atoms with Gasteiger partial charge in [0.25, 0.3) is 0 Å². The molecule has 0 bridgehead atoms. The zero-order chi connectivity index (χ0) is 17.8. The van der Waals surface area contributed by atoms with Gasteiger partial charge in [-0.3, -0.25) is 0 Å². The van der Waals surface area contributed by atoms with Crippen molar-refractivity contribution in [1.82, 2.24) is 5.32 Å². The maximum absolute atomic E-state index is 10.2. The van der Waals surface area contributed by atoms with Gasteiger partial charge in [-0.25, -0.2) is 0 Å². The van der Waals surface area contributed by atoms with Gasteiger partial charge in [-0.2, -0.15) is 0 Å². The minimum absolute atomic E-state index is 0.100. The second kappa shape index (κ2) is 8.08. The highest BCUT2D eigenvalue weighted by atomic mass is 16.7. The Bertz CT molecular complexity index is 749. The molecule has 2 atom stereocenters. The molecule has 0 amide bonds. The Balaban J connectivity index is 1.22. The van der Waals surface area contributed by atoms with Crippen molar-refractivity contribution in [1.29, 1.82) is 0 Å². The van der Waals surface area contributed by atoms with Crippen LogP contribution in [0.2, 0.25) is 0 Å². The van der Waals surface area contributed by atoms with Crippen molar-refractivity contribution in [3.8, 4) is 11.5 Å². The average Bonchev–Trinajstić information content (AvgIpc) is 3.14. The lowest BCUT2D eigenvalue weighted by atomic mass is 9.89. The molecule has 5 heteroatoms. The molecule has 0 aromatic heterocycles. The molecule has 4 rings (SSSR count). The van der Waals surface area contributed by atoms with Crippen LogP contribution in [-0.4, -0.2) is 31.2 Å². The Hall–Kier alpha value is -2.08. The number of aliphatic hydroxyl groups excluding tert-OH is 1. The zero-order valence-electron chi connectivity index (χ0n) is 14.8. The standard InChI is InChI=1S/C21H25NO4/c23-17(12-22-11-15-8-9-20-21(10-15)26-14-25-20)13-24-19-7-3-5-16-4-1-2-6-18(16)19/h1-2,4,6,8-10,17,19,22-23H,3,5,7,11-14H2. The van der Waals surface area contributed by atoms with Crippen LogP contribution in [0.3, 0.4) is 0 Å². The number of benzene rings is 2. The van der Waals surface area contributed by atoms with Gasteiger partial charge in [0.05, 0.1) is 18.8 Å². The van der Waals surface area contributed by atoms with Gasteiger partial charge in [-0.1, -0.05) is 30.3 Å². The molecular weight excluding hydrogens is 330 g/mol. The van der Waals surface area contributed by atoms with Crippen LogP contribution >= 0.6 is 0 Å². The molecule has 138 valence electrons. The van der Waals surface area contributed by atoms with E-state index in [-0.39, 0.29) is 12.9 Å². The van der Waals surface area contributed by atoms with E-state index in [0.717, 1.165) is 36.3 Å². The SMILES string of the molecule is OC(CNCc1ccc2c(c1)OCO2)COC1CCCc2ccccc21. The van der Waals surface area contributed by atoms with Crippen LogP contribution in [0.4, 0.5) is 0 Å². The van der Waals surface area contributed by atoms with Gasteiger partial charge in [0, 0.05) is 13.1 Å². The van der Waals surface area contributed by atoms with Gasteiger partial charge >= 0.3 is 0 Å². The summed E-state index contributed by atoms with van der Waals surface area (Å²) in [4.78, 5) is 0. The average molecular weight is 355 g/mol. The van der Waals surface area contributed by atoms with Crippen molar-refractivity contribution < 1.29 is 19.3 Å². The smallest absolute Gasteiger partial charge is 0.231 e. The quantitative estimate of drug-likeness (QED) is 0.800. The summed E-state index contributed by atoms with van der Waals surface area (Å²) in [5.41, 5.74) is 3.75. The normalized spacial score (nSPS) is 19.2. The molecule has 2 unspecified atom stereocenters. The van der Waals surface area contributed by atoms with Gasteiger partial charge in [0.1, 0.15) is 0 Å². The first-order valence-electron chi connectivity index (χ1n) is 9.26. The lowest BCUT2D eigenvalue weighted by Gasteiger charge is -2.26. The highest BCUT2D eigenvalue weighted by molar-refractivity contribution is 5.44. The van der Waals surface area contributed by atoms with E-state index in [9.17, 15) is 5.11 Å². The summed E-state index contributed by atoms with van der Waals surface area (Å²) in [6, 6.07) is 14.3. The highest BCUT2D eigenvalue weighted by Crippen LogP contribution is 2.33. The second-order valence-electron chi connectivity index (χ2n) is 6.89. The van der Waals surface area contributed by atoms with Crippen LogP contribution in [-0.2, 0) is 17.7 Å². The van der Waals surface area contributed by atoms with Crippen molar-refractivity contribution in [2.45, 2.75) is 38.0 Å². The number of hydrogen-bond acceptors (Lipinski definition) is 5. The molecule has 5 nitrogen and oxygen atoms in total. The third-order valence-corrected chi connectivity index (χ3v) is 4.95. The zero-order valence-corrected chi connectivity index (χ0v) is 14.8. The van der Waals surface area contributed by atoms with E-state index < -0.39 is 6.10 Å². The minimum atomic E-state index is -0.530. The van der Waals surface area contributed by atoms with E-state index in [1.165, 1.54) is 11.1 Å². The van der Waals surface area contributed by atoms with Gasteiger partial charge in [-0.05, 0) is 48.1 Å². The summed E-state index contributed by atoms with van der Waals surface area (Å²) >= 11 is 0. The summed E-state index contributed by atoms with van der Waals surface area (Å²) in [5.74, 6) is 1.57. The number of aryl methyl sites for hydroxylation is 1. The van der Waals surface area contributed by atoms with E-state index >= 15 is 0 Å². The number of fused-ring (bicyclic) bond motifs is 2. The van der Waals surface area contributed by atoms with Crippen LogP contribution in [0, 0.1) is 0 Å². The molecule has 2 N–H and O–H groups in total. The molecule has 2 aromatic rings. The molecule has 26 heavy (non-hydrogen) atoms. The maximum atomic E-state index is 10.2. The molecule has 1 aliphatic carbocycles. The first-order chi connectivity index (χ1) is 12.8. The van der Waals surface area contributed by atoms with Gasteiger partial charge in [0.2, 0.25) is 6.79 Å². The van der Waals surface area contributed by atoms with E-state index in [1.807, 2.05) is 18.2 Å². The predicted molar refractivity (Wildman–Crippen MR) is 98.4 cm³/mol. The Morgan fingerprint density at radius 3 is 3.00 bits per heavy atom. The fraction of sp³-hybridized carbons (Fsp3) is 0.429. The second-order valence-corrected chi connectivity index (χ2v) is 6.89. The largest absolute Gasteiger partial charge is 0.454 e. The minimum Gasteiger partial charge on any atom is -0.454 e. The highest BCUT2D eigenvalue weighted by Gasteiger charge is 2.21. The molecule has 0 saturated carbocycles. The van der Waals surface area contributed by atoms with E-state index in [4.69, 9.17) is 14.2 Å². The molecule has 1 heterocycles. The topological polar surface area (TPSA) is 60.0 Å². The molecule has 2 aromatic carbocycles. The van der Waals surface area contributed by atoms with Crippen molar-refractivity contribution in [3.05, 3.63) is 59.2 Å². The van der Waals surface area contributed by atoms with Crippen LogP contribution in [0.15, 0.2) is 42.5 Å². The maximum Gasteiger partial charge on any atom is 0.231 e. The molecule has 0 radical (unpaired) electrons. The summed E-state index contributed by atoms with van der Waals surface area (Å²) in [6.07, 6.45) is 2.85. The van der Waals surface area contributed by atoms with Gasteiger partial charge in [-0.15, -0.1) is 0 Å². The van der Waals surface area contributed by atoms with Gasteiger partial charge in [0.15, 0.2) is 11.5 Å². The number of hydrogen-bond donors (Lipinski definition) is 2. The summed E-state index contributed by atoms with van der Waals surface area (Å²) < 4.78 is 16.7. The molecule has 0 saturated heterocycles. The molecule has 0 fully saturated rings. The van der Waals surface area contributed by atoms with Crippen LogP contribution in [0.5, 0.6) is 11.5 Å². The fourth-order valence-electron chi connectivity index (χ4n) is 3.60. The van der Waals surface area contributed by atoms with Crippen LogP contribution < -0.4 is 14.8 Å². The lowest BCUT2D eigenvalue weighted by Crippen LogP contribution is -2.31. The first kappa shape index (κ1) is 17.3. The molecule has 0 spiro atoms. The first-order valence-corrected chi connectivity index (χ1v) is 9.26. The molecule has 2 aliphatic rings. The van der Waals surface area contributed by atoms with Crippen molar-refractivity contribution in [3.63, 3.8) is 0 Å². The number of nitrogens with one attached hydrogen (secondary N) is 1. The van der Waals surface area contributed by atoms with Gasteiger partial charge < -0.3 is 24.6 Å². The number of rotatable bonds is 7. The Labute approximate surface area is 153 Å². The third-order valence-electron chi connectivity index (χ3n) is 4.95. The molecule has 1 aliphatic heterocycles. The predicted octanol–water partition coefficient (Wildman–Crippen LogP) is 2.96. The summed E-state index contributed by atoms with van der Waals surface area (Å²) in [6.45, 7) is 1.78. The fourth-order valence-corrected chi connectivity index (χ4v) is 3.60. The van der Waals surface area contributed by atoms with E-state index in [0.29, 0.717) is 19.7 Å². The Morgan fingerprint density at radius 2 is 2.04 bits per heavy atom. The monoisotopic (exact) mass is 355 g/mol. The van der Waals surface area contributed by atoms with Crippen molar-refractivity contribution >= 4 is 0 Å². The number of ether oxygens (including phenoxy) is 3. The van der Waals surface area contributed by atoms with Crippen LogP contribution in [0.25, 0.3) is 0 Å². The van der Waals surface area contributed by atoms with Crippen molar-refractivity contribution in [2.24, 2.45) is 0 Å². The van der Waals surface area contributed by atoms with E-state index in [2.05, 4.69) is 29.6 Å². The van der Waals surface area contributed by atoms with Crippen LogP contribution in [0.1, 0.15) is 35.6 Å². The summed E-state index contributed by atoms with van der Waals surface area (Å²) in [5, 5.41) is 13.5. The Kier molecular flexibility index (Phi) is 5.39. The molecular formula is C21H25NO4. The van der Waals surface area contributed by atoms with E-state index in [1.54, 1.807) is 0 Å².